The number of thioether (sulfide) groups is 1. The lowest BCUT2D eigenvalue weighted by Crippen LogP contribution is -2.42. The second-order valence-electron chi connectivity index (χ2n) is 7.38. The molecule has 1 aromatic heterocycles. The van der Waals surface area contributed by atoms with Crippen LogP contribution in [-0.2, 0) is 26.2 Å². The molecule has 160 valence electrons. The topological polar surface area (TPSA) is 86.8 Å². The molecular formula is C20H23N3O4S3. The minimum Gasteiger partial charge on any atom is -0.350 e. The summed E-state index contributed by atoms with van der Waals surface area (Å²) < 4.78 is 28.3. The second kappa shape index (κ2) is 8.70. The Morgan fingerprint density at radius 2 is 1.87 bits per heavy atom. The smallest absolute Gasteiger partial charge is 0.252 e. The molecule has 2 aromatic rings. The standard InChI is InChI=1S/C20H23N3O4S3/c1-14-4-6-15(7-5-14)11-21-17(24)12-23-16-10-19(29-20(16)28-13-18(23)25)30(26,27)22-8-2-3-9-22/h4-7,10H,2-3,8-9,11-13H2,1H3,(H,21,24). The summed E-state index contributed by atoms with van der Waals surface area (Å²) in [5, 5.41) is 2.84. The van der Waals surface area contributed by atoms with Gasteiger partial charge in [0, 0.05) is 19.6 Å². The first-order chi connectivity index (χ1) is 14.3. The number of carbonyl (C=O) groups excluding carboxylic acids is 2. The summed E-state index contributed by atoms with van der Waals surface area (Å²) in [5.41, 5.74) is 2.64. The van der Waals surface area contributed by atoms with Crippen molar-refractivity contribution < 1.29 is 18.0 Å². The van der Waals surface area contributed by atoms with E-state index in [0.29, 0.717) is 25.3 Å². The largest absolute Gasteiger partial charge is 0.350 e. The van der Waals surface area contributed by atoms with Gasteiger partial charge >= 0.3 is 0 Å². The molecule has 0 atom stereocenters. The minimum atomic E-state index is -3.55. The van der Waals surface area contributed by atoms with E-state index in [9.17, 15) is 18.0 Å². The van der Waals surface area contributed by atoms with E-state index >= 15 is 0 Å². The number of carbonyl (C=O) groups is 2. The fraction of sp³-hybridized carbons (Fsp3) is 0.400. The van der Waals surface area contributed by atoms with Crippen molar-refractivity contribution in [2.75, 3.05) is 30.3 Å². The highest BCUT2D eigenvalue weighted by molar-refractivity contribution is 8.02. The third kappa shape index (κ3) is 4.41. The Labute approximate surface area is 184 Å². The molecule has 0 bridgehead atoms. The van der Waals surface area contributed by atoms with Crippen molar-refractivity contribution >= 4 is 50.6 Å². The molecule has 1 fully saturated rings. The molecule has 1 saturated heterocycles. The number of sulfonamides is 1. The maximum absolute atomic E-state index is 12.9. The number of nitrogens with zero attached hydrogens (tertiary/aromatic N) is 2. The van der Waals surface area contributed by atoms with Gasteiger partial charge in [-0.1, -0.05) is 29.8 Å². The van der Waals surface area contributed by atoms with Gasteiger partial charge in [-0.15, -0.1) is 23.1 Å². The van der Waals surface area contributed by atoms with Crippen molar-refractivity contribution in [2.45, 2.75) is 34.7 Å². The average Bonchev–Trinajstić information content (AvgIpc) is 3.40. The molecule has 30 heavy (non-hydrogen) atoms. The van der Waals surface area contributed by atoms with Crippen LogP contribution in [0.5, 0.6) is 0 Å². The van der Waals surface area contributed by atoms with Crippen LogP contribution in [0, 0.1) is 6.92 Å². The number of benzene rings is 1. The molecule has 0 unspecified atom stereocenters. The van der Waals surface area contributed by atoms with Crippen molar-refractivity contribution in [1.29, 1.82) is 0 Å². The molecule has 10 heteroatoms. The van der Waals surface area contributed by atoms with Gasteiger partial charge in [0.2, 0.25) is 11.8 Å². The molecular weight excluding hydrogens is 442 g/mol. The highest BCUT2D eigenvalue weighted by atomic mass is 32.3. The Balaban J connectivity index is 1.48. The Morgan fingerprint density at radius 3 is 2.57 bits per heavy atom. The summed E-state index contributed by atoms with van der Waals surface area (Å²) in [6.45, 7) is 3.31. The quantitative estimate of drug-likeness (QED) is 0.709. The van der Waals surface area contributed by atoms with Gasteiger partial charge < -0.3 is 10.2 Å². The van der Waals surface area contributed by atoms with Gasteiger partial charge in [-0.3, -0.25) is 9.59 Å². The summed E-state index contributed by atoms with van der Waals surface area (Å²) in [5.74, 6) is -0.278. The summed E-state index contributed by atoms with van der Waals surface area (Å²) >= 11 is 2.51. The van der Waals surface area contributed by atoms with Crippen LogP contribution in [0.1, 0.15) is 24.0 Å². The fourth-order valence-electron chi connectivity index (χ4n) is 3.44. The zero-order chi connectivity index (χ0) is 21.3. The van der Waals surface area contributed by atoms with Crippen LogP contribution in [0.15, 0.2) is 38.8 Å². The summed E-state index contributed by atoms with van der Waals surface area (Å²) in [7, 11) is -3.55. The van der Waals surface area contributed by atoms with Gasteiger partial charge in [-0.25, -0.2) is 8.42 Å². The Bertz CT molecular complexity index is 1060. The van der Waals surface area contributed by atoms with Crippen LogP contribution >= 0.6 is 23.1 Å². The number of aryl methyl sites for hydroxylation is 1. The van der Waals surface area contributed by atoms with E-state index in [1.54, 1.807) is 6.07 Å². The molecule has 2 aliphatic heterocycles. The van der Waals surface area contributed by atoms with Crippen LogP contribution in [0.4, 0.5) is 5.69 Å². The predicted octanol–water partition coefficient (Wildman–Crippen LogP) is 2.60. The Kier molecular flexibility index (Phi) is 6.19. The van der Waals surface area contributed by atoms with Gasteiger partial charge in [0.15, 0.2) is 0 Å². The molecule has 7 nitrogen and oxygen atoms in total. The first-order valence-electron chi connectivity index (χ1n) is 9.74. The van der Waals surface area contributed by atoms with Crippen molar-refractivity contribution in [1.82, 2.24) is 9.62 Å². The number of rotatable bonds is 6. The molecule has 1 aromatic carbocycles. The van der Waals surface area contributed by atoms with E-state index < -0.39 is 10.0 Å². The van der Waals surface area contributed by atoms with E-state index in [1.807, 2.05) is 31.2 Å². The maximum atomic E-state index is 12.9. The highest BCUT2D eigenvalue weighted by Crippen LogP contribution is 2.44. The lowest BCUT2D eigenvalue weighted by molar-refractivity contribution is -0.123. The van der Waals surface area contributed by atoms with Crippen molar-refractivity contribution in [2.24, 2.45) is 0 Å². The van der Waals surface area contributed by atoms with Gasteiger partial charge in [-0.05, 0) is 31.4 Å². The number of nitrogens with one attached hydrogen (secondary N) is 1. The monoisotopic (exact) mass is 465 g/mol. The Morgan fingerprint density at radius 1 is 1.17 bits per heavy atom. The fourth-order valence-corrected chi connectivity index (χ4v) is 7.87. The molecule has 4 rings (SSSR count). The number of thiophene rings is 1. The molecule has 3 heterocycles. The Hall–Kier alpha value is -1.88. The second-order valence-corrected chi connectivity index (χ2v) is 11.8. The van der Waals surface area contributed by atoms with Crippen LogP contribution in [0.3, 0.4) is 0 Å². The number of amides is 2. The van der Waals surface area contributed by atoms with E-state index in [1.165, 1.54) is 32.3 Å². The number of anilines is 1. The number of hydrogen-bond acceptors (Lipinski definition) is 6. The number of fused-ring (bicyclic) bond motifs is 1. The van der Waals surface area contributed by atoms with Crippen LogP contribution in [-0.4, -0.2) is 49.9 Å². The van der Waals surface area contributed by atoms with Crippen LogP contribution < -0.4 is 10.2 Å². The average molecular weight is 466 g/mol. The molecule has 1 N–H and O–H groups in total. The molecule has 0 saturated carbocycles. The van der Waals surface area contributed by atoms with Crippen molar-refractivity contribution in [3.63, 3.8) is 0 Å². The molecule has 0 radical (unpaired) electrons. The highest BCUT2D eigenvalue weighted by Gasteiger charge is 2.34. The van der Waals surface area contributed by atoms with Crippen LogP contribution in [0.2, 0.25) is 0 Å². The molecule has 0 aliphatic carbocycles. The first kappa shape index (κ1) is 21.4. The van der Waals surface area contributed by atoms with E-state index in [2.05, 4.69) is 5.32 Å². The van der Waals surface area contributed by atoms with Crippen molar-refractivity contribution in [3.05, 3.63) is 41.5 Å². The maximum Gasteiger partial charge on any atom is 0.252 e. The van der Waals surface area contributed by atoms with E-state index in [-0.39, 0.29) is 28.3 Å². The van der Waals surface area contributed by atoms with Gasteiger partial charge in [0.05, 0.1) is 15.6 Å². The molecule has 2 amide bonds. The van der Waals surface area contributed by atoms with E-state index in [0.717, 1.165) is 28.2 Å². The third-order valence-electron chi connectivity index (χ3n) is 5.15. The van der Waals surface area contributed by atoms with Gasteiger partial charge in [0.1, 0.15) is 10.8 Å². The summed E-state index contributed by atoms with van der Waals surface area (Å²) in [6.07, 6.45) is 1.73. The third-order valence-corrected chi connectivity index (χ3v) is 9.88. The number of hydrogen-bond donors (Lipinski definition) is 1. The summed E-state index contributed by atoms with van der Waals surface area (Å²) in [6, 6.07) is 9.40. The molecule has 0 spiro atoms. The van der Waals surface area contributed by atoms with Gasteiger partial charge in [-0.2, -0.15) is 4.31 Å². The molecule has 2 aliphatic rings. The minimum absolute atomic E-state index is 0.127. The summed E-state index contributed by atoms with van der Waals surface area (Å²) in [4.78, 5) is 26.4. The first-order valence-corrected chi connectivity index (χ1v) is 13.0. The van der Waals surface area contributed by atoms with Crippen molar-refractivity contribution in [3.8, 4) is 0 Å². The predicted molar refractivity (Wildman–Crippen MR) is 118 cm³/mol. The van der Waals surface area contributed by atoms with E-state index in [4.69, 9.17) is 0 Å². The lowest BCUT2D eigenvalue weighted by atomic mass is 10.1. The lowest BCUT2D eigenvalue weighted by Gasteiger charge is -2.25. The van der Waals surface area contributed by atoms with Gasteiger partial charge in [0.25, 0.3) is 10.0 Å². The normalized spacial score (nSPS) is 17.2. The van der Waals surface area contributed by atoms with Crippen LogP contribution in [0.25, 0.3) is 0 Å². The zero-order valence-corrected chi connectivity index (χ0v) is 19.0. The zero-order valence-electron chi connectivity index (χ0n) is 16.6. The SMILES string of the molecule is Cc1ccc(CNC(=O)CN2C(=O)CSc3sc(S(=O)(=O)N4CCCC4)cc32)cc1.